The Kier molecular flexibility index (Phi) is 14.0. The van der Waals surface area contributed by atoms with Crippen LogP contribution in [0.5, 0.6) is 0 Å². The summed E-state index contributed by atoms with van der Waals surface area (Å²) in [6, 6.07) is 0. The van der Waals surface area contributed by atoms with Crippen molar-refractivity contribution in [3.05, 3.63) is 0 Å². The third-order valence-electron chi connectivity index (χ3n) is 5.60. The molecule has 3 saturated heterocycles. The molecule has 166 valence electrons. The number of hydrogen-bond donors (Lipinski definition) is 0. The molecule has 0 aromatic rings. The van der Waals surface area contributed by atoms with E-state index in [0.717, 1.165) is 25.9 Å². The average Bonchev–Trinajstić information content (AvgIpc) is 2.72. The zero-order valence-corrected chi connectivity index (χ0v) is 19.0. The second-order valence-corrected chi connectivity index (χ2v) is 9.30. The molecule has 0 unspecified atom stereocenters. The maximum atomic E-state index is 6.33. The third-order valence-corrected chi connectivity index (χ3v) is 6.78. The van der Waals surface area contributed by atoms with Gasteiger partial charge in [-0.15, -0.1) is 0 Å². The van der Waals surface area contributed by atoms with Crippen LogP contribution in [0.3, 0.4) is 0 Å². The van der Waals surface area contributed by atoms with Gasteiger partial charge in [-0.1, -0.05) is 71.1 Å². The SMILES string of the molecule is CCCCCCCCCC12CCCCCCCCOP(OCCO1)OCCO2. The topological polar surface area (TPSA) is 46.2 Å². The van der Waals surface area contributed by atoms with Gasteiger partial charge in [-0.2, -0.15) is 0 Å². The Morgan fingerprint density at radius 2 is 1.18 bits per heavy atom. The Labute approximate surface area is 174 Å². The number of hydrogen-bond acceptors (Lipinski definition) is 5. The van der Waals surface area contributed by atoms with Crippen molar-refractivity contribution in [2.75, 3.05) is 33.0 Å². The van der Waals surface area contributed by atoms with Gasteiger partial charge in [0.1, 0.15) is 0 Å². The van der Waals surface area contributed by atoms with Crippen LogP contribution >= 0.6 is 8.60 Å². The normalized spacial score (nSPS) is 28.8. The van der Waals surface area contributed by atoms with Gasteiger partial charge in [0.2, 0.25) is 0 Å². The lowest BCUT2D eigenvalue weighted by atomic mass is 9.98. The molecule has 0 radical (unpaired) electrons. The van der Waals surface area contributed by atoms with Crippen molar-refractivity contribution >= 4 is 8.60 Å². The molecular weight excluding hydrogens is 375 g/mol. The van der Waals surface area contributed by atoms with Crippen molar-refractivity contribution in [1.29, 1.82) is 0 Å². The summed E-state index contributed by atoms with van der Waals surface area (Å²) in [5.41, 5.74) is 0. The van der Waals surface area contributed by atoms with E-state index in [-0.39, 0.29) is 0 Å². The molecule has 3 fully saturated rings. The number of unbranched alkanes of at least 4 members (excludes halogenated alkanes) is 6. The summed E-state index contributed by atoms with van der Waals surface area (Å²) in [7, 11) is -1.27. The van der Waals surface area contributed by atoms with E-state index in [1.807, 2.05) is 0 Å². The van der Waals surface area contributed by atoms with E-state index in [9.17, 15) is 0 Å². The first kappa shape index (κ1) is 24.5. The second-order valence-electron chi connectivity index (χ2n) is 8.07. The van der Waals surface area contributed by atoms with E-state index in [1.165, 1.54) is 77.0 Å². The molecule has 0 saturated carbocycles. The van der Waals surface area contributed by atoms with Crippen molar-refractivity contribution in [2.24, 2.45) is 0 Å². The van der Waals surface area contributed by atoms with Gasteiger partial charge in [0.15, 0.2) is 5.79 Å². The number of fused-ring (bicyclic) bond motifs is 14. The molecule has 0 N–H and O–H groups in total. The van der Waals surface area contributed by atoms with E-state index >= 15 is 0 Å². The van der Waals surface area contributed by atoms with Crippen LogP contribution in [0.4, 0.5) is 0 Å². The maximum Gasteiger partial charge on any atom is 0.332 e. The Bertz CT molecular complexity index is 351. The van der Waals surface area contributed by atoms with Crippen LogP contribution in [0.15, 0.2) is 0 Å². The first-order chi connectivity index (χ1) is 13.8. The van der Waals surface area contributed by atoms with Crippen LogP contribution in [0.25, 0.3) is 0 Å². The molecule has 3 aliphatic heterocycles. The fraction of sp³-hybridized carbons (Fsp3) is 1.00. The standard InChI is InChI=1S/C22H43O5P/c1-2-3-4-5-6-9-12-15-22-16-13-10-7-8-11-14-17-25-28(26-20-18-23-22)27-21-19-24-22/h2-21H2,1H3. The smallest absolute Gasteiger partial charge is 0.332 e. The van der Waals surface area contributed by atoms with E-state index in [2.05, 4.69) is 6.92 Å². The summed E-state index contributed by atoms with van der Waals surface area (Å²) in [4.78, 5) is 0. The summed E-state index contributed by atoms with van der Waals surface area (Å²) >= 11 is 0. The van der Waals surface area contributed by atoms with Crippen molar-refractivity contribution in [2.45, 2.75) is 109 Å². The van der Waals surface area contributed by atoms with Gasteiger partial charge in [0, 0.05) is 12.8 Å². The van der Waals surface area contributed by atoms with Crippen molar-refractivity contribution in [3.8, 4) is 0 Å². The Hall–Kier alpha value is 0.230. The lowest BCUT2D eigenvalue weighted by molar-refractivity contribution is -0.253. The van der Waals surface area contributed by atoms with Gasteiger partial charge < -0.3 is 23.0 Å². The predicted molar refractivity (Wildman–Crippen MR) is 114 cm³/mol. The lowest BCUT2D eigenvalue weighted by Gasteiger charge is -2.35. The van der Waals surface area contributed by atoms with Crippen LogP contribution in [-0.2, 0) is 23.0 Å². The van der Waals surface area contributed by atoms with E-state index < -0.39 is 14.4 Å². The zero-order chi connectivity index (χ0) is 19.8. The fourth-order valence-electron chi connectivity index (χ4n) is 3.94. The quantitative estimate of drug-likeness (QED) is 0.317. The molecule has 3 aliphatic rings. The van der Waals surface area contributed by atoms with Gasteiger partial charge in [0.05, 0.1) is 33.0 Å². The van der Waals surface area contributed by atoms with E-state index in [4.69, 9.17) is 23.0 Å². The van der Waals surface area contributed by atoms with Crippen LogP contribution in [-0.4, -0.2) is 38.8 Å². The van der Waals surface area contributed by atoms with E-state index in [1.54, 1.807) is 0 Å². The van der Waals surface area contributed by atoms with Gasteiger partial charge in [-0.05, 0) is 19.3 Å². The summed E-state index contributed by atoms with van der Waals surface area (Å²) in [6.45, 7) is 5.09. The highest BCUT2D eigenvalue weighted by Crippen LogP contribution is 2.41. The van der Waals surface area contributed by atoms with Crippen molar-refractivity contribution < 1.29 is 23.0 Å². The van der Waals surface area contributed by atoms with Gasteiger partial charge in [0.25, 0.3) is 0 Å². The van der Waals surface area contributed by atoms with Gasteiger partial charge >= 0.3 is 8.60 Å². The summed E-state index contributed by atoms with van der Waals surface area (Å²) in [5, 5.41) is 0. The summed E-state index contributed by atoms with van der Waals surface area (Å²) < 4.78 is 30.1. The average molecular weight is 419 g/mol. The molecule has 5 nitrogen and oxygen atoms in total. The molecule has 6 heteroatoms. The number of rotatable bonds is 8. The molecular formula is C22H43O5P. The number of ether oxygens (including phenoxy) is 2. The van der Waals surface area contributed by atoms with Crippen molar-refractivity contribution in [1.82, 2.24) is 0 Å². The largest absolute Gasteiger partial charge is 0.348 e. The Morgan fingerprint density at radius 1 is 0.607 bits per heavy atom. The van der Waals surface area contributed by atoms with Crippen LogP contribution in [0.2, 0.25) is 0 Å². The maximum absolute atomic E-state index is 6.33. The highest BCUT2D eigenvalue weighted by molar-refractivity contribution is 7.41. The molecule has 2 bridgehead atoms. The molecule has 3 rings (SSSR count). The molecule has 0 aromatic heterocycles. The zero-order valence-electron chi connectivity index (χ0n) is 18.1. The first-order valence-electron chi connectivity index (χ1n) is 11.8. The molecule has 0 aliphatic carbocycles. The lowest BCUT2D eigenvalue weighted by Crippen LogP contribution is -2.38. The van der Waals surface area contributed by atoms with Crippen LogP contribution in [0.1, 0.15) is 103 Å². The Balaban J connectivity index is 1.85. The molecule has 3 heterocycles. The van der Waals surface area contributed by atoms with Gasteiger partial charge in [-0.3, -0.25) is 0 Å². The molecule has 0 aromatic carbocycles. The monoisotopic (exact) mass is 418 g/mol. The molecule has 0 atom stereocenters. The minimum atomic E-state index is -1.27. The second kappa shape index (κ2) is 16.0. The van der Waals surface area contributed by atoms with Crippen molar-refractivity contribution in [3.63, 3.8) is 0 Å². The minimum Gasteiger partial charge on any atom is -0.348 e. The first-order valence-corrected chi connectivity index (χ1v) is 12.9. The Morgan fingerprint density at radius 3 is 1.89 bits per heavy atom. The minimum absolute atomic E-state index is 0.461. The highest BCUT2D eigenvalue weighted by Gasteiger charge is 2.32. The molecule has 0 spiro atoms. The molecule has 28 heavy (non-hydrogen) atoms. The van der Waals surface area contributed by atoms with Crippen LogP contribution < -0.4 is 0 Å². The fourth-order valence-corrected chi connectivity index (χ4v) is 4.89. The predicted octanol–water partition coefficient (Wildman–Crippen LogP) is 6.89. The summed E-state index contributed by atoms with van der Waals surface area (Å²) in [6.07, 6.45) is 18.4. The van der Waals surface area contributed by atoms with Gasteiger partial charge in [-0.25, -0.2) is 0 Å². The summed E-state index contributed by atoms with van der Waals surface area (Å²) in [5.74, 6) is -0.461. The van der Waals surface area contributed by atoms with E-state index in [0.29, 0.717) is 26.4 Å². The highest BCUT2D eigenvalue weighted by atomic mass is 31.2. The third kappa shape index (κ3) is 10.8. The van der Waals surface area contributed by atoms with Crippen LogP contribution in [0, 0.1) is 0 Å². The molecule has 0 amide bonds.